The fourth-order valence-corrected chi connectivity index (χ4v) is 4.43. The van der Waals surface area contributed by atoms with Crippen molar-refractivity contribution >= 4 is 27.3 Å². The van der Waals surface area contributed by atoms with Crippen molar-refractivity contribution in [3.05, 3.63) is 69.8 Å². The zero-order chi connectivity index (χ0) is 23.2. The molecule has 1 amide bonds. The minimum absolute atomic E-state index is 0.0490. The molecule has 0 aliphatic carbocycles. The van der Waals surface area contributed by atoms with Crippen LogP contribution in [-0.4, -0.2) is 37.6 Å². The monoisotopic (exact) mass is 447 g/mol. The Morgan fingerprint density at radius 3 is 2.39 bits per heavy atom. The number of aryl methyl sites for hydroxylation is 1. The highest BCUT2D eigenvalue weighted by Crippen LogP contribution is 2.27. The van der Waals surface area contributed by atoms with Crippen molar-refractivity contribution in [1.82, 2.24) is 5.32 Å². The van der Waals surface area contributed by atoms with Gasteiger partial charge in [0.05, 0.1) is 16.9 Å². The number of non-ortho nitro benzene ring substituents is 1. The predicted octanol–water partition coefficient (Wildman–Crippen LogP) is 3.59. The van der Waals surface area contributed by atoms with Gasteiger partial charge in [0.2, 0.25) is 15.9 Å². The fraction of sp³-hybridized carbons (Fsp3) is 0.409. The number of nitro groups is 1. The number of carbonyl (C=O) groups is 1. The Morgan fingerprint density at radius 1 is 1.16 bits per heavy atom. The topological polar surface area (TPSA) is 110 Å². The summed E-state index contributed by atoms with van der Waals surface area (Å²) in [6.45, 7) is 5.61. The van der Waals surface area contributed by atoms with Crippen LogP contribution in [0.25, 0.3) is 0 Å². The number of nitro benzene ring substituents is 1. The van der Waals surface area contributed by atoms with Crippen molar-refractivity contribution in [3.63, 3.8) is 0 Å². The molecule has 9 heteroatoms. The molecule has 8 nitrogen and oxygen atoms in total. The van der Waals surface area contributed by atoms with E-state index in [-0.39, 0.29) is 36.7 Å². The molecule has 31 heavy (non-hydrogen) atoms. The molecular formula is C22H29N3O5S. The first-order chi connectivity index (χ1) is 14.4. The maximum absolute atomic E-state index is 12.5. The summed E-state index contributed by atoms with van der Waals surface area (Å²) in [5.41, 5.74) is 1.32. The van der Waals surface area contributed by atoms with Crippen molar-refractivity contribution in [2.75, 3.05) is 17.1 Å². The van der Waals surface area contributed by atoms with Crippen LogP contribution in [0.1, 0.15) is 37.8 Å². The van der Waals surface area contributed by atoms with Gasteiger partial charge in [-0.2, -0.15) is 0 Å². The molecule has 0 spiro atoms. The fourth-order valence-electron chi connectivity index (χ4n) is 3.42. The number of hydrogen-bond acceptors (Lipinski definition) is 5. The summed E-state index contributed by atoms with van der Waals surface area (Å²) in [4.78, 5) is 23.0. The number of carbonyl (C=O) groups excluding carboxylic acids is 1. The third kappa shape index (κ3) is 7.36. The molecule has 0 heterocycles. The first kappa shape index (κ1) is 24.3. The molecule has 0 radical (unpaired) electrons. The van der Waals surface area contributed by atoms with E-state index in [9.17, 15) is 23.3 Å². The van der Waals surface area contributed by atoms with Crippen LogP contribution >= 0.6 is 0 Å². The van der Waals surface area contributed by atoms with Crippen LogP contribution in [0.15, 0.2) is 48.5 Å². The quantitative estimate of drug-likeness (QED) is 0.442. The molecule has 0 aliphatic heterocycles. The first-order valence-electron chi connectivity index (χ1n) is 9.97. The van der Waals surface area contributed by atoms with Gasteiger partial charge in [0, 0.05) is 30.6 Å². The highest BCUT2D eigenvalue weighted by atomic mass is 32.2. The molecule has 0 saturated heterocycles. The SMILES string of the molecule is Cc1ccc([N+](=O)[O-])cc1N(CCCC(=O)NC(C)(C)Cc1ccccc1)S(C)(=O)=O. The van der Waals surface area contributed by atoms with Gasteiger partial charge in [-0.05, 0) is 44.7 Å². The number of nitrogens with one attached hydrogen (secondary N) is 1. The van der Waals surface area contributed by atoms with Crippen LogP contribution < -0.4 is 9.62 Å². The molecule has 0 bridgehead atoms. The summed E-state index contributed by atoms with van der Waals surface area (Å²) in [6.07, 6.45) is 2.14. The average molecular weight is 448 g/mol. The van der Waals surface area contributed by atoms with Gasteiger partial charge in [-0.1, -0.05) is 36.4 Å². The molecule has 0 unspecified atom stereocenters. The van der Waals surface area contributed by atoms with Gasteiger partial charge in [-0.25, -0.2) is 8.42 Å². The van der Waals surface area contributed by atoms with Crippen molar-refractivity contribution in [2.24, 2.45) is 0 Å². The maximum atomic E-state index is 12.5. The molecule has 168 valence electrons. The lowest BCUT2D eigenvalue weighted by Gasteiger charge is -2.27. The third-order valence-corrected chi connectivity index (χ3v) is 5.98. The van der Waals surface area contributed by atoms with E-state index < -0.39 is 20.5 Å². The summed E-state index contributed by atoms with van der Waals surface area (Å²) in [6, 6.07) is 13.9. The zero-order valence-corrected chi connectivity index (χ0v) is 19.1. The number of anilines is 1. The largest absolute Gasteiger partial charge is 0.351 e. The number of amides is 1. The van der Waals surface area contributed by atoms with Gasteiger partial charge in [-0.15, -0.1) is 0 Å². The summed E-state index contributed by atoms with van der Waals surface area (Å²) in [5.74, 6) is -0.176. The second-order valence-electron chi connectivity index (χ2n) is 8.26. The molecular weight excluding hydrogens is 418 g/mol. The lowest BCUT2D eigenvalue weighted by atomic mass is 9.94. The lowest BCUT2D eigenvalue weighted by molar-refractivity contribution is -0.384. The first-order valence-corrected chi connectivity index (χ1v) is 11.8. The molecule has 0 aliphatic rings. The highest BCUT2D eigenvalue weighted by molar-refractivity contribution is 7.92. The highest BCUT2D eigenvalue weighted by Gasteiger charge is 2.24. The normalized spacial score (nSPS) is 11.7. The van der Waals surface area contributed by atoms with Crippen molar-refractivity contribution in [3.8, 4) is 0 Å². The predicted molar refractivity (Wildman–Crippen MR) is 122 cm³/mol. The van der Waals surface area contributed by atoms with Gasteiger partial charge >= 0.3 is 0 Å². The van der Waals surface area contributed by atoms with Gasteiger partial charge in [0.1, 0.15) is 0 Å². The van der Waals surface area contributed by atoms with Crippen LogP contribution in [0.2, 0.25) is 0 Å². The molecule has 0 aromatic heterocycles. The van der Waals surface area contributed by atoms with E-state index in [1.165, 1.54) is 18.2 Å². The van der Waals surface area contributed by atoms with Crippen LogP contribution in [0, 0.1) is 17.0 Å². The Labute approximate surface area is 183 Å². The standard InChI is InChI=1S/C22H29N3O5S/c1-17-12-13-19(25(27)28)15-20(17)24(31(4,29)30)14-8-11-21(26)23-22(2,3)16-18-9-6-5-7-10-18/h5-7,9-10,12-13,15H,8,11,14,16H2,1-4H3,(H,23,26). The number of hydrogen-bond donors (Lipinski definition) is 1. The van der Waals surface area contributed by atoms with Crippen LogP contribution in [0.5, 0.6) is 0 Å². The molecule has 2 aromatic rings. The average Bonchev–Trinajstić information content (AvgIpc) is 2.65. The Kier molecular flexibility index (Phi) is 7.78. The Hall–Kier alpha value is -2.94. The third-order valence-electron chi connectivity index (χ3n) is 4.80. The van der Waals surface area contributed by atoms with E-state index in [0.29, 0.717) is 12.0 Å². The summed E-state index contributed by atoms with van der Waals surface area (Å²) in [7, 11) is -3.68. The molecule has 0 saturated carbocycles. The summed E-state index contributed by atoms with van der Waals surface area (Å²) in [5, 5.41) is 14.1. The van der Waals surface area contributed by atoms with Crippen LogP contribution in [-0.2, 0) is 21.2 Å². The minimum atomic E-state index is -3.68. The second-order valence-corrected chi connectivity index (χ2v) is 10.2. The van der Waals surface area contributed by atoms with Gasteiger partial charge in [-0.3, -0.25) is 19.2 Å². The van der Waals surface area contributed by atoms with Gasteiger partial charge in [0.15, 0.2) is 0 Å². The minimum Gasteiger partial charge on any atom is -0.351 e. The number of sulfonamides is 1. The van der Waals surface area contributed by atoms with Crippen LogP contribution in [0.4, 0.5) is 11.4 Å². The van der Waals surface area contributed by atoms with Gasteiger partial charge in [0.25, 0.3) is 5.69 Å². The Balaban J connectivity index is 2.03. The van der Waals surface area contributed by atoms with E-state index >= 15 is 0 Å². The Morgan fingerprint density at radius 2 is 1.81 bits per heavy atom. The van der Waals surface area contributed by atoms with Crippen molar-refractivity contribution in [2.45, 2.75) is 45.6 Å². The van der Waals surface area contributed by atoms with E-state index in [0.717, 1.165) is 16.1 Å². The molecule has 1 N–H and O–H groups in total. The Bertz CT molecular complexity index is 1040. The van der Waals surface area contributed by atoms with Gasteiger partial charge < -0.3 is 5.32 Å². The number of rotatable bonds is 10. The van der Waals surface area contributed by atoms with E-state index in [1.807, 2.05) is 44.2 Å². The van der Waals surface area contributed by atoms with Crippen molar-refractivity contribution < 1.29 is 18.1 Å². The lowest BCUT2D eigenvalue weighted by Crippen LogP contribution is -2.45. The molecule has 0 atom stereocenters. The molecule has 0 fully saturated rings. The van der Waals surface area contributed by atoms with Crippen LogP contribution in [0.3, 0.4) is 0 Å². The maximum Gasteiger partial charge on any atom is 0.271 e. The summed E-state index contributed by atoms with van der Waals surface area (Å²) >= 11 is 0. The van der Waals surface area contributed by atoms with E-state index in [2.05, 4.69) is 5.32 Å². The molecule has 2 rings (SSSR count). The van der Waals surface area contributed by atoms with E-state index in [1.54, 1.807) is 6.92 Å². The summed E-state index contributed by atoms with van der Waals surface area (Å²) < 4.78 is 25.8. The number of benzene rings is 2. The molecule has 2 aromatic carbocycles. The zero-order valence-electron chi connectivity index (χ0n) is 18.3. The smallest absolute Gasteiger partial charge is 0.271 e. The number of nitrogens with zero attached hydrogens (tertiary/aromatic N) is 2. The van der Waals surface area contributed by atoms with Crippen molar-refractivity contribution in [1.29, 1.82) is 0 Å². The second kappa shape index (κ2) is 9.91. The van der Waals surface area contributed by atoms with E-state index in [4.69, 9.17) is 0 Å².